The minimum absolute atomic E-state index is 0.00785. The summed E-state index contributed by atoms with van der Waals surface area (Å²) in [5.74, 6) is -1.64. The van der Waals surface area contributed by atoms with Crippen LogP contribution in [0.1, 0.15) is 17.0 Å². The maximum absolute atomic E-state index is 11.5. The van der Waals surface area contributed by atoms with E-state index < -0.39 is 16.8 Å². The van der Waals surface area contributed by atoms with Crippen molar-refractivity contribution in [3.8, 4) is 0 Å². The van der Waals surface area contributed by atoms with Gasteiger partial charge in [0.15, 0.2) is 0 Å². The fraction of sp³-hybridized carbons (Fsp3) is 0.133. The third-order valence-electron chi connectivity index (χ3n) is 3.17. The first kappa shape index (κ1) is 15.2. The van der Waals surface area contributed by atoms with Gasteiger partial charge in [-0.05, 0) is 23.6 Å². The highest BCUT2D eigenvalue weighted by Crippen LogP contribution is 2.28. The number of carboxylic acid groups (broad SMARTS) is 1. The number of carbonyl (C=O) groups is 1. The second kappa shape index (κ2) is 6.49. The number of non-ortho nitro benzene ring substituents is 1. The molecule has 0 amide bonds. The predicted molar refractivity (Wildman–Crippen MR) is 81.3 cm³/mol. The van der Waals surface area contributed by atoms with E-state index in [0.717, 1.165) is 10.0 Å². The smallest absolute Gasteiger partial charge is 0.311 e. The van der Waals surface area contributed by atoms with E-state index in [1.807, 2.05) is 6.07 Å². The first-order valence-corrected chi connectivity index (χ1v) is 6.99. The van der Waals surface area contributed by atoms with Crippen molar-refractivity contribution in [3.05, 3.63) is 74.2 Å². The first-order valence-electron chi connectivity index (χ1n) is 6.19. The SMILES string of the molecule is O=C(O)C(Cc1ccc([N+](=O)[O-])cc1)c1ccccc1Br. The lowest BCUT2D eigenvalue weighted by Gasteiger charge is -2.14. The number of nitrogens with zero attached hydrogens (tertiary/aromatic N) is 1. The number of nitro groups is 1. The lowest BCUT2D eigenvalue weighted by molar-refractivity contribution is -0.384. The zero-order chi connectivity index (χ0) is 15.4. The van der Waals surface area contributed by atoms with Crippen LogP contribution in [-0.4, -0.2) is 16.0 Å². The van der Waals surface area contributed by atoms with Gasteiger partial charge in [0.25, 0.3) is 5.69 Å². The Balaban J connectivity index is 2.27. The number of hydrogen-bond acceptors (Lipinski definition) is 3. The molecular weight excluding hydrogens is 338 g/mol. The molecule has 21 heavy (non-hydrogen) atoms. The Kier molecular flexibility index (Phi) is 4.70. The Morgan fingerprint density at radius 1 is 1.19 bits per heavy atom. The highest BCUT2D eigenvalue weighted by atomic mass is 79.9. The van der Waals surface area contributed by atoms with E-state index in [1.54, 1.807) is 30.3 Å². The van der Waals surface area contributed by atoms with E-state index in [-0.39, 0.29) is 12.1 Å². The lowest BCUT2D eigenvalue weighted by atomic mass is 9.92. The van der Waals surface area contributed by atoms with Gasteiger partial charge in [0.1, 0.15) is 0 Å². The van der Waals surface area contributed by atoms with Crippen molar-refractivity contribution in [1.82, 2.24) is 0 Å². The molecular formula is C15H12BrNO4. The van der Waals surface area contributed by atoms with E-state index in [0.29, 0.717) is 5.56 Å². The minimum Gasteiger partial charge on any atom is -0.481 e. The van der Waals surface area contributed by atoms with Crippen LogP contribution in [0.2, 0.25) is 0 Å². The number of aliphatic carboxylic acids is 1. The van der Waals surface area contributed by atoms with E-state index in [4.69, 9.17) is 0 Å². The summed E-state index contributed by atoms with van der Waals surface area (Å²) in [4.78, 5) is 21.6. The van der Waals surface area contributed by atoms with Crippen molar-refractivity contribution in [2.45, 2.75) is 12.3 Å². The molecule has 1 N–H and O–H groups in total. The third-order valence-corrected chi connectivity index (χ3v) is 3.89. The van der Waals surface area contributed by atoms with Crippen LogP contribution >= 0.6 is 15.9 Å². The van der Waals surface area contributed by atoms with E-state index in [1.165, 1.54) is 12.1 Å². The zero-order valence-corrected chi connectivity index (χ0v) is 12.5. The van der Waals surface area contributed by atoms with Gasteiger partial charge in [-0.15, -0.1) is 0 Å². The fourth-order valence-electron chi connectivity index (χ4n) is 2.08. The summed E-state index contributed by atoms with van der Waals surface area (Å²) in [5, 5.41) is 20.0. The van der Waals surface area contributed by atoms with Crippen LogP contribution in [0.4, 0.5) is 5.69 Å². The number of benzene rings is 2. The highest BCUT2D eigenvalue weighted by molar-refractivity contribution is 9.10. The molecule has 0 saturated carbocycles. The first-order chi connectivity index (χ1) is 9.99. The van der Waals surface area contributed by atoms with Gasteiger partial charge in [-0.2, -0.15) is 0 Å². The predicted octanol–water partition coefficient (Wildman–Crippen LogP) is 3.77. The molecule has 0 heterocycles. The average Bonchev–Trinajstić information content (AvgIpc) is 2.46. The zero-order valence-electron chi connectivity index (χ0n) is 10.9. The monoisotopic (exact) mass is 349 g/mol. The van der Waals surface area contributed by atoms with Gasteiger partial charge in [0, 0.05) is 16.6 Å². The maximum atomic E-state index is 11.5. The van der Waals surface area contributed by atoms with Gasteiger partial charge < -0.3 is 5.11 Å². The van der Waals surface area contributed by atoms with E-state index in [2.05, 4.69) is 15.9 Å². The summed E-state index contributed by atoms with van der Waals surface area (Å²) in [6.45, 7) is 0. The molecule has 108 valence electrons. The summed E-state index contributed by atoms with van der Waals surface area (Å²) in [5.41, 5.74) is 1.42. The molecule has 0 aliphatic heterocycles. The molecule has 0 aliphatic rings. The summed E-state index contributed by atoms with van der Waals surface area (Å²) >= 11 is 3.36. The van der Waals surface area contributed by atoms with E-state index in [9.17, 15) is 20.0 Å². The van der Waals surface area contributed by atoms with Gasteiger partial charge in [-0.25, -0.2) is 0 Å². The molecule has 6 heteroatoms. The third kappa shape index (κ3) is 3.66. The van der Waals surface area contributed by atoms with Crippen molar-refractivity contribution in [2.24, 2.45) is 0 Å². The molecule has 0 bridgehead atoms. The molecule has 1 unspecified atom stereocenters. The van der Waals surface area contributed by atoms with Gasteiger partial charge in [-0.1, -0.05) is 46.3 Å². The van der Waals surface area contributed by atoms with Crippen molar-refractivity contribution in [2.75, 3.05) is 0 Å². The number of nitro benzene ring substituents is 1. The Bertz CT molecular complexity index is 670. The van der Waals surface area contributed by atoms with Crippen molar-refractivity contribution in [1.29, 1.82) is 0 Å². The number of halogens is 1. The molecule has 5 nitrogen and oxygen atoms in total. The number of carboxylic acids is 1. The quantitative estimate of drug-likeness (QED) is 0.658. The van der Waals surface area contributed by atoms with Crippen LogP contribution in [0.3, 0.4) is 0 Å². The Morgan fingerprint density at radius 2 is 1.81 bits per heavy atom. The van der Waals surface area contributed by atoms with Crippen molar-refractivity contribution >= 4 is 27.6 Å². The van der Waals surface area contributed by atoms with Crippen molar-refractivity contribution in [3.63, 3.8) is 0 Å². The lowest BCUT2D eigenvalue weighted by Crippen LogP contribution is -2.15. The highest BCUT2D eigenvalue weighted by Gasteiger charge is 2.22. The van der Waals surface area contributed by atoms with Crippen LogP contribution in [0.25, 0.3) is 0 Å². The second-order valence-electron chi connectivity index (χ2n) is 4.54. The second-order valence-corrected chi connectivity index (χ2v) is 5.39. The van der Waals surface area contributed by atoms with Crippen LogP contribution in [0.5, 0.6) is 0 Å². The molecule has 0 fully saturated rings. The summed E-state index contributed by atoms with van der Waals surface area (Å²) in [6.07, 6.45) is 0.274. The Hall–Kier alpha value is -2.21. The van der Waals surface area contributed by atoms with Gasteiger partial charge >= 0.3 is 5.97 Å². The topological polar surface area (TPSA) is 80.4 Å². The molecule has 2 aromatic rings. The van der Waals surface area contributed by atoms with Crippen LogP contribution in [0, 0.1) is 10.1 Å². The largest absolute Gasteiger partial charge is 0.481 e. The number of hydrogen-bond donors (Lipinski definition) is 1. The summed E-state index contributed by atoms with van der Waals surface area (Å²) < 4.78 is 0.735. The fourth-order valence-corrected chi connectivity index (χ4v) is 2.64. The Labute approximate surface area is 129 Å². The molecule has 0 saturated heterocycles. The molecule has 2 rings (SSSR count). The maximum Gasteiger partial charge on any atom is 0.311 e. The van der Waals surface area contributed by atoms with Gasteiger partial charge in [0.05, 0.1) is 10.8 Å². The summed E-state index contributed by atoms with van der Waals surface area (Å²) in [6, 6.07) is 13.1. The van der Waals surface area contributed by atoms with Crippen LogP contribution in [-0.2, 0) is 11.2 Å². The van der Waals surface area contributed by atoms with Crippen LogP contribution in [0.15, 0.2) is 53.0 Å². The Morgan fingerprint density at radius 3 is 2.33 bits per heavy atom. The number of rotatable bonds is 5. The molecule has 0 aromatic heterocycles. The summed E-state index contributed by atoms with van der Waals surface area (Å²) in [7, 11) is 0. The van der Waals surface area contributed by atoms with Crippen LogP contribution < -0.4 is 0 Å². The molecule has 0 aliphatic carbocycles. The van der Waals surface area contributed by atoms with Gasteiger partial charge in [0.2, 0.25) is 0 Å². The van der Waals surface area contributed by atoms with Crippen molar-refractivity contribution < 1.29 is 14.8 Å². The normalized spacial score (nSPS) is 11.9. The average molecular weight is 350 g/mol. The molecule has 0 radical (unpaired) electrons. The minimum atomic E-state index is -0.930. The molecule has 2 aromatic carbocycles. The van der Waals surface area contributed by atoms with E-state index >= 15 is 0 Å². The molecule has 0 spiro atoms. The standard InChI is InChI=1S/C15H12BrNO4/c16-14-4-2-1-3-12(14)13(15(18)19)9-10-5-7-11(8-6-10)17(20)21/h1-8,13H,9H2,(H,18,19). The molecule has 1 atom stereocenters. The van der Waals surface area contributed by atoms with Gasteiger partial charge in [-0.3, -0.25) is 14.9 Å².